The molecule has 0 spiro atoms. The summed E-state index contributed by atoms with van der Waals surface area (Å²) in [5.74, 6) is 0. The van der Waals surface area contributed by atoms with Gasteiger partial charge in [0, 0.05) is 27.8 Å². The molecule has 0 N–H and O–H groups in total. The van der Waals surface area contributed by atoms with Crippen LogP contribution in [0.4, 0.5) is 17.1 Å². The molecule has 0 fully saturated rings. The van der Waals surface area contributed by atoms with Crippen LogP contribution < -0.4 is 4.90 Å². The fraction of sp³-hybridized carbons (Fsp3) is 0. The van der Waals surface area contributed by atoms with Crippen molar-refractivity contribution >= 4 is 71.3 Å². The molecule has 0 radical (unpaired) electrons. The molecule has 0 saturated heterocycles. The summed E-state index contributed by atoms with van der Waals surface area (Å²) in [6.07, 6.45) is 0. The van der Waals surface area contributed by atoms with E-state index in [-0.39, 0.29) is 0 Å². The molecule has 56 heavy (non-hydrogen) atoms. The first kappa shape index (κ1) is 32.0. The highest BCUT2D eigenvalue weighted by Gasteiger charge is 2.16. The maximum absolute atomic E-state index is 6.22. The minimum absolute atomic E-state index is 0.904. The van der Waals surface area contributed by atoms with Crippen molar-refractivity contribution in [2.45, 2.75) is 0 Å². The van der Waals surface area contributed by atoms with Crippen LogP contribution in [-0.4, -0.2) is 0 Å². The van der Waals surface area contributed by atoms with E-state index in [1.165, 1.54) is 60.1 Å². The molecular weight excluding hydrogens is 679 g/mol. The Balaban J connectivity index is 0.971. The summed E-state index contributed by atoms with van der Waals surface area (Å²) in [5, 5.41) is 9.96. The summed E-state index contributed by atoms with van der Waals surface area (Å²) in [6.45, 7) is 0. The van der Waals surface area contributed by atoms with Gasteiger partial charge in [0.1, 0.15) is 11.2 Å². The Kier molecular flexibility index (Phi) is 7.53. The van der Waals surface area contributed by atoms with Gasteiger partial charge in [-0.3, -0.25) is 0 Å². The van der Waals surface area contributed by atoms with E-state index in [9.17, 15) is 0 Å². The molecule has 0 aliphatic carbocycles. The zero-order valence-corrected chi connectivity index (χ0v) is 30.6. The lowest BCUT2D eigenvalue weighted by molar-refractivity contribution is 0.669. The lowest BCUT2D eigenvalue weighted by Gasteiger charge is -2.26. The summed E-state index contributed by atoms with van der Waals surface area (Å²) in [7, 11) is 0. The van der Waals surface area contributed by atoms with Gasteiger partial charge in [0.05, 0.1) is 0 Å². The van der Waals surface area contributed by atoms with Gasteiger partial charge in [-0.15, -0.1) is 0 Å². The predicted molar refractivity (Wildman–Crippen MR) is 237 cm³/mol. The number of hydrogen-bond donors (Lipinski definition) is 0. The predicted octanol–water partition coefficient (Wildman–Crippen LogP) is 15.5. The Morgan fingerprint density at radius 1 is 0.286 bits per heavy atom. The van der Waals surface area contributed by atoms with Gasteiger partial charge in [-0.2, -0.15) is 0 Å². The third-order valence-electron chi connectivity index (χ3n) is 11.3. The highest BCUT2D eigenvalue weighted by Crippen LogP contribution is 2.41. The number of benzene rings is 10. The maximum Gasteiger partial charge on any atom is 0.136 e. The number of anilines is 3. The summed E-state index contributed by atoms with van der Waals surface area (Å²) in [6, 6.07) is 76.5. The number of hydrogen-bond acceptors (Lipinski definition) is 2. The molecule has 0 saturated carbocycles. The van der Waals surface area contributed by atoms with Crippen molar-refractivity contribution in [1.82, 2.24) is 0 Å². The normalized spacial score (nSPS) is 11.6. The molecular formula is C54H35NO. The third kappa shape index (κ3) is 5.42. The van der Waals surface area contributed by atoms with Crippen LogP contribution in [0.5, 0.6) is 0 Å². The first-order valence-corrected chi connectivity index (χ1v) is 19.2. The lowest BCUT2D eigenvalue weighted by Crippen LogP contribution is -2.09. The van der Waals surface area contributed by atoms with E-state index in [2.05, 4.69) is 205 Å². The number of furan rings is 1. The molecule has 0 unspecified atom stereocenters. The smallest absolute Gasteiger partial charge is 0.136 e. The van der Waals surface area contributed by atoms with Crippen LogP contribution in [0.1, 0.15) is 0 Å². The Hall–Kier alpha value is -7.42. The van der Waals surface area contributed by atoms with Gasteiger partial charge in [0.15, 0.2) is 0 Å². The maximum atomic E-state index is 6.22. The van der Waals surface area contributed by atoms with Crippen molar-refractivity contribution in [3.8, 4) is 33.4 Å². The van der Waals surface area contributed by atoms with Crippen LogP contribution in [-0.2, 0) is 0 Å². The van der Waals surface area contributed by atoms with Crippen molar-refractivity contribution in [1.29, 1.82) is 0 Å². The van der Waals surface area contributed by atoms with Crippen molar-refractivity contribution in [3.63, 3.8) is 0 Å². The van der Waals surface area contributed by atoms with E-state index in [4.69, 9.17) is 4.42 Å². The molecule has 1 aromatic heterocycles. The Bertz CT molecular complexity index is 3210. The molecule has 10 aromatic carbocycles. The Morgan fingerprint density at radius 3 is 1.50 bits per heavy atom. The summed E-state index contributed by atoms with van der Waals surface area (Å²) in [4.78, 5) is 2.34. The molecule has 0 aliphatic heterocycles. The van der Waals surface area contributed by atoms with Gasteiger partial charge in [-0.1, -0.05) is 158 Å². The zero-order valence-electron chi connectivity index (χ0n) is 30.6. The van der Waals surface area contributed by atoms with E-state index in [0.717, 1.165) is 44.6 Å². The van der Waals surface area contributed by atoms with Crippen molar-refractivity contribution in [3.05, 3.63) is 212 Å². The van der Waals surface area contributed by atoms with Crippen molar-refractivity contribution < 1.29 is 4.42 Å². The average Bonchev–Trinajstić information content (AvgIpc) is 3.66. The molecule has 0 atom stereocenters. The number of fused-ring (bicyclic) bond motifs is 8. The van der Waals surface area contributed by atoms with E-state index in [1.54, 1.807) is 0 Å². The quantitative estimate of drug-likeness (QED) is 0.160. The summed E-state index contributed by atoms with van der Waals surface area (Å²) in [5.41, 5.74) is 12.2. The minimum atomic E-state index is 0.904. The van der Waals surface area contributed by atoms with Crippen LogP contribution >= 0.6 is 0 Å². The second-order valence-electron chi connectivity index (χ2n) is 14.5. The number of nitrogens with zero attached hydrogens (tertiary/aromatic N) is 1. The second kappa shape index (κ2) is 13.2. The second-order valence-corrected chi connectivity index (χ2v) is 14.5. The first-order chi connectivity index (χ1) is 27.7. The molecule has 2 heteroatoms. The van der Waals surface area contributed by atoms with Gasteiger partial charge in [0.2, 0.25) is 0 Å². The highest BCUT2D eigenvalue weighted by molar-refractivity contribution is 6.17. The Morgan fingerprint density at radius 2 is 0.786 bits per heavy atom. The SMILES string of the molecule is c1ccc(-c2ccc(N(c3ccc(-c4ccc5c(ccc6c7ccccc7ccc56)c4)cc3)c3ccc(-c4cccc5oc6ccccc6c45)cc3)cc2)cc1. The number of rotatable bonds is 6. The van der Waals surface area contributed by atoms with Gasteiger partial charge < -0.3 is 9.32 Å². The zero-order chi connectivity index (χ0) is 37.0. The van der Waals surface area contributed by atoms with Crippen LogP contribution in [0.15, 0.2) is 217 Å². The van der Waals surface area contributed by atoms with Gasteiger partial charge in [0.25, 0.3) is 0 Å². The summed E-state index contributed by atoms with van der Waals surface area (Å²) < 4.78 is 6.22. The van der Waals surface area contributed by atoms with Crippen LogP contribution in [0.3, 0.4) is 0 Å². The molecule has 262 valence electrons. The highest BCUT2D eigenvalue weighted by atomic mass is 16.3. The first-order valence-electron chi connectivity index (χ1n) is 19.2. The lowest BCUT2D eigenvalue weighted by atomic mass is 9.95. The largest absolute Gasteiger partial charge is 0.456 e. The molecule has 0 bridgehead atoms. The molecule has 0 aliphatic rings. The van der Waals surface area contributed by atoms with E-state index in [0.29, 0.717) is 0 Å². The molecule has 2 nitrogen and oxygen atoms in total. The topological polar surface area (TPSA) is 16.4 Å². The minimum Gasteiger partial charge on any atom is -0.456 e. The van der Waals surface area contributed by atoms with Crippen molar-refractivity contribution in [2.24, 2.45) is 0 Å². The fourth-order valence-corrected chi connectivity index (χ4v) is 8.50. The molecule has 0 amide bonds. The van der Waals surface area contributed by atoms with Gasteiger partial charge >= 0.3 is 0 Å². The van der Waals surface area contributed by atoms with Gasteiger partial charge in [-0.05, 0) is 120 Å². The third-order valence-corrected chi connectivity index (χ3v) is 11.3. The summed E-state index contributed by atoms with van der Waals surface area (Å²) >= 11 is 0. The standard InChI is InChI=1S/C54H35NO/c1-2-9-36(10-3-1)37-17-26-43(27-18-37)55(45-30-21-40(22-31-45)48-14-8-16-53-54(48)51-13-6-7-15-52(51)56-53)44-28-19-38(20-29-44)41-24-32-47-42(35-41)25-34-49-46-12-5-4-11-39(46)23-33-50(47)49/h1-35H. The molecule has 11 aromatic rings. The van der Waals surface area contributed by atoms with Crippen LogP contribution in [0, 0.1) is 0 Å². The van der Waals surface area contributed by atoms with Crippen molar-refractivity contribution in [2.75, 3.05) is 4.90 Å². The van der Waals surface area contributed by atoms with Crippen LogP contribution in [0.2, 0.25) is 0 Å². The van der Waals surface area contributed by atoms with Crippen LogP contribution in [0.25, 0.3) is 87.6 Å². The number of para-hydroxylation sites is 1. The fourth-order valence-electron chi connectivity index (χ4n) is 8.50. The Labute approximate surface area is 325 Å². The van der Waals surface area contributed by atoms with E-state index < -0.39 is 0 Å². The molecule has 11 rings (SSSR count). The van der Waals surface area contributed by atoms with Gasteiger partial charge in [-0.25, -0.2) is 0 Å². The van der Waals surface area contributed by atoms with E-state index >= 15 is 0 Å². The van der Waals surface area contributed by atoms with E-state index in [1.807, 2.05) is 12.1 Å². The molecule has 1 heterocycles. The average molecular weight is 714 g/mol. The monoisotopic (exact) mass is 713 g/mol.